The molecule has 216 valence electrons. The van der Waals surface area contributed by atoms with E-state index in [2.05, 4.69) is 20.2 Å². The molecule has 2 aromatic heterocycles. The van der Waals surface area contributed by atoms with Gasteiger partial charge < -0.3 is 18.7 Å². The van der Waals surface area contributed by atoms with Gasteiger partial charge in [0.2, 0.25) is 11.8 Å². The molecule has 41 heavy (non-hydrogen) atoms. The number of carbonyl (C=O) groups is 1. The number of nitrogens with zero attached hydrogens (tertiary/aromatic N) is 6. The fourth-order valence-corrected chi connectivity index (χ4v) is 7.14. The van der Waals surface area contributed by atoms with Gasteiger partial charge in [-0.25, -0.2) is 0 Å². The zero-order chi connectivity index (χ0) is 27.4. The van der Waals surface area contributed by atoms with Crippen molar-refractivity contribution < 1.29 is 18.6 Å². The van der Waals surface area contributed by atoms with Crippen LogP contribution in [0.1, 0.15) is 93.6 Å². The second-order valence-corrected chi connectivity index (χ2v) is 13.2. The van der Waals surface area contributed by atoms with Crippen molar-refractivity contribution in [1.29, 1.82) is 0 Å². The summed E-state index contributed by atoms with van der Waals surface area (Å²) in [5.74, 6) is 4.15. The van der Waals surface area contributed by atoms with Crippen molar-refractivity contribution in [2.45, 2.75) is 81.5 Å². The van der Waals surface area contributed by atoms with Crippen molar-refractivity contribution in [2.24, 2.45) is 5.41 Å². The minimum absolute atomic E-state index is 0.00165. The Morgan fingerprint density at radius 2 is 1.59 bits per heavy atom. The summed E-state index contributed by atoms with van der Waals surface area (Å²) in [7, 11) is 0. The van der Waals surface area contributed by atoms with Gasteiger partial charge in [0, 0.05) is 48.1 Å². The number of fused-ring (bicyclic) bond motifs is 3. The first-order chi connectivity index (χ1) is 20.1. The summed E-state index contributed by atoms with van der Waals surface area (Å²) in [6, 6.07) is 8.08. The maximum atomic E-state index is 14.0. The lowest BCUT2D eigenvalue weighted by atomic mass is 9.53. The molecule has 1 saturated heterocycles. The van der Waals surface area contributed by atoms with Gasteiger partial charge in [-0.3, -0.25) is 9.69 Å². The molecule has 0 unspecified atom stereocenters. The standard InChI is InChI=1S/C31H38N6O4/c38-25(19-36-14-16-39-17-15-36)37(24-3-1-2-23(18-24)28-32-26(34-40-28)21-4-5-21)20-30-8-11-31(12-9-30,13-10-30)29-33-27(35-41-29)22-6-7-22/h1-3,18,21-22H,4-17,19-20H2. The largest absolute Gasteiger partial charge is 0.379 e. The Morgan fingerprint density at radius 1 is 0.902 bits per heavy atom. The molecule has 5 saturated carbocycles. The van der Waals surface area contributed by atoms with Crippen molar-refractivity contribution in [3.63, 3.8) is 0 Å². The minimum atomic E-state index is 0.00165. The van der Waals surface area contributed by atoms with Gasteiger partial charge in [-0.1, -0.05) is 16.4 Å². The van der Waals surface area contributed by atoms with Crippen LogP contribution in [0.4, 0.5) is 5.69 Å². The van der Waals surface area contributed by atoms with Crippen LogP contribution in [0.5, 0.6) is 0 Å². The van der Waals surface area contributed by atoms with Gasteiger partial charge in [-0.2, -0.15) is 9.97 Å². The van der Waals surface area contributed by atoms with Gasteiger partial charge in [0.1, 0.15) is 0 Å². The monoisotopic (exact) mass is 558 g/mol. The van der Waals surface area contributed by atoms with Crippen LogP contribution in [0.2, 0.25) is 0 Å². The Labute approximate surface area is 239 Å². The van der Waals surface area contributed by atoms with Gasteiger partial charge in [-0.05, 0) is 87.8 Å². The van der Waals surface area contributed by atoms with Crippen molar-refractivity contribution in [3.8, 4) is 11.5 Å². The van der Waals surface area contributed by atoms with Crippen molar-refractivity contribution in [1.82, 2.24) is 25.2 Å². The highest BCUT2D eigenvalue weighted by molar-refractivity contribution is 5.95. The van der Waals surface area contributed by atoms with Crippen LogP contribution in [0.15, 0.2) is 33.3 Å². The molecule has 0 N–H and O–H groups in total. The first-order valence-corrected chi connectivity index (χ1v) is 15.5. The number of amides is 1. The van der Waals surface area contributed by atoms with Gasteiger partial charge in [0.25, 0.3) is 5.89 Å². The van der Waals surface area contributed by atoms with E-state index in [9.17, 15) is 4.79 Å². The Bertz CT molecular complexity index is 1390. The molecule has 6 aliphatic rings. The predicted octanol–water partition coefficient (Wildman–Crippen LogP) is 4.83. The summed E-state index contributed by atoms with van der Waals surface area (Å²) < 4.78 is 17.0. The van der Waals surface area contributed by atoms with E-state index in [-0.39, 0.29) is 16.7 Å². The SMILES string of the molecule is O=C(CN1CCOCC1)N(CC12CCC(c3nc(C4CC4)no3)(CC1)CC2)c1cccc(-c2nc(C3CC3)no2)c1. The van der Waals surface area contributed by atoms with Crippen LogP contribution in [-0.4, -0.2) is 70.5 Å². The van der Waals surface area contributed by atoms with E-state index in [1.807, 2.05) is 29.2 Å². The highest BCUT2D eigenvalue weighted by Crippen LogP contribution is 2.58. The number of aromatic nitrogens is 4. The smallest absolute Gasteiger partial charge is 0.258 e. The van der Waals surface area contributed by atoms with Gasteiger partial charge in [0.15, 0.2) is 11.6 Å². The highest BCUT2D eigenvalue weighted by Gasteiger charge is 2.53. The summed E-state index contributed by atoms with van der Waals surface area (Å²) in [5, 5.41) is 8.53. The van der Waals surface area contributed by atoms with E-state index >= 15 is 0 Å². The molecule has 1 amide bonds. The Kier molecular flexibility index (Phi) is 6.25. The summed E-state index contributed by atoms with van der Waals surface area (Å²) in [4.78, 5) is 27.8. The topological polar surface area (TPSA) is 111 Å². The highest BCUT2D eigenvalue weighted by atomic mass is 16.5. The fourth-order valence-electron chi connectivity index (χ4n) is 7.14. The molecule has 1 aromatic carbocycles. The molecule has 3 heterocycles. The number of hydrogen-bond donors (Lipinski definition) is 0. The predicted molar refractivity (Wildman–Crippen MR) is 149 cm³/mol. The molecule has 10 heteroatoms. The van der Waals surface area contributed by atoms with E-state index < -0.39 is 0 Å². The molecule has 1 aliphatic heterocycles. The maximum Gasteiger partial charge on any atom is 0.258 e. The van der Waals surface area contributed by atoms with Crippen molar-refractivity contribution in [3.05, 3.63) is 41.8 Å². The molecular formula is C31H38N6O4. The Balaban J connectivity index is 1.04. The van der Waals surface area contributed by atoms with Crippen LogP contribution >= 0.6 is 0 Å². The van der Waals surface area contributed by atoms with E-state index in [4.69, 9.17) is 18.8 Å². The number of carbonyl (C=O) groups excluding carboxylic acids is 1. The molecule has 5 aliphatic carbocycles. The average molecular weight is 559 g/mol. The number of hydrogen-bond acceptors (Lipinski definition) is 9. The third-order valence-corrected chi connectivity index (χ3v) is 10.3. The van der Waals surface area contributed by atoms with E-state index in [0.717, 1.165) is 93.2 Å². The zero-order valence-corrected chi connectivity index (χ0v) is 23.6. The molecule has 6 fully saturated rings. The van der Waals surface area contributed by atoms with Crippen LogP contribution < -0.4 is 4.90 Å². The lowest BCUT2D eigenvalue weighted by Gasteiger charge is -2.53. The lowest BCUT2D eigenvalue weighted by Crippen LogP contribution is -2.52. The molecule has 9 rings (SSSR count). The molecule has 3 aromatic rings. The number of ether oxygens (including phenoxy) is 1. The Morgan fingerprint density at radius 3 is 2.29 bits per heavy atom. The quantitative estimate of drug-likeness (QED) is 0.365. The second-order valence-electron chi connectivity index (χ2n) is 13.2. The van der Waals surface area contributed by atoms with Crippen molar-refractivity contribution >= 4 is 11.6 Å². The number of morpholine rings is 1. The van der Waals surface area contributed by atoms with E-state index in [1.54, 1.807) is 0 Å². The first kappa shape index (κ1) is 25.6. The van der Waals surface area contributed by atoms with Gasteiger partial charge in [-0.15, -0.1) is 0 Å². The first-order valence-electron chi connectivity index (χ1n) is 15.5. The zero-order valence-electron chi connectivity index (χ0n) is 23.6. The molecule has 2 bridgehead atoms. The minimum Gasteiger partial charge on any atom is -0.379 e. The average Bonchev–Trinajstić information content (AvgIpc) is 3.96. The summed E-state index contributed by atoms with van der Waals surface area (Å²) in [5.41, 5.74) is 1.84. The normalized spacial score (nSPS) is 28.2. The van der Waals surface area contributed by atoms with Gasteiger partial charge in [0.05, 0.1) is 19.8 Å². The van der Waals surface area contributed by atoms with Gasteiger partial charge >= 0.3 is 0 Å². The third kappa shape index (κ3) is 4.99. The maximum absolute atomic E-state index is 14.0. The summed E-state index contributed by atoms with van der Waals surface area (Å²) >= 11 is 0. The van der Waals surface area contributed by atoms with Crippen molar-refractivity contribution in [2.75, 3.05) is 44.3 Å². The van der Waals surface area contributed by atoms with Crippen LogP contribution in [-0.2, 0) is 14.9 Å². The van der Waals surface area contributed by atoms with E-state index in [1.165, 1.54) is 12.8 Å². The second kappa shape index (κ2) is 10.0. The number of benzene rings is 1. The van der Waals surface area contributed by atoms with Crippen LogP contribution in [0.3, 0.4) is 0 Å². The molecule has 0 spiro atoms. The third-order valence-electron chi connectivity index (χ3n) is 10.3. The molecule has 0 radical (unpaired) electrons. The molecule has 0 atom stereocenters. The lowest BCUT2D eigenvalue weighted by molar-refractivity contribution is -0.121. The van der Waals surface area contributed by atoms with Crippen LogP contribution in [0, 0.1) is 5.41 Å². The molecular weight excluding hydrogens is 520 g/mol. The summed E-state index contributed by atoms with van der Waals surface area (Å²) in [6.45, 7) is 4.02. The number of rotatable bonds is 9. The summed E-state index contributed by atoms with van der Waals surface area (Å²) in [6.07, 6.45) is 10.9. The Hall–Kier alpha value is -3.11. The number of anilines is 1. The van der Waals surface area contributed by atoms with E-state index in [0.29, 0.717) is 44.0 Å². The van der Waals surface area contributed by atoms with Crippen LogP contribution in [0.25, 0.3) is 11.5 Å². The molecule has 10 nitrogen and oxygen atoms in total. The fraction of sp³-hybridized carbons (Fsp3) is 0.645.